The third kappa shape index (κ3) is 4.33. The number of likely N-dealkylation sites (tertiary alicyclic amines) is 1. The van der Waals surface area contributed by atoms with E-state index in [2.05, 4.69) is 27.1 Å². The maximum absolute atomic E-state index is 13.8. The van der Waals surface area contributed by atoms with E-state index in [1.54, 1.807) is 43.1 Å². The third-order valence-corrected chi connectivity index (χ3v) is 6.97. The molecule has 1 aliphatic rings. The van der Waals surface area contributed by atoms with Gasteiger partial charge in [-0.1, -0.05) is 23.2 Å². The summed E-state index contributed by atoms with van der Waals surface area (Å²) in [6.45, 7) is 2.43. The fraction of sp³-hybridized carbons (Fsp3) is 0.250. The monoisotopic (exact) mass is 497 g/mol. The largest absolute Gasteiger partial charge is 0.340 e. The number of imidazole rings is 1. The molecule has 0 bridgehead atoms. The van der Waals surface area contributed by atoms with Gasteiger partial charge >= 0.3 is 0 Å². The molecule has 0 saturated carbocycles. The molecule has 1 aliphatic heterocycles. The Kier molecular flexibility index (Phi) is 6.03. The number of fused-ring (bicyclic) bond motifs is 1. The Morgan fingerprint density at radius 1 is 1.15 bits per heavy atom. The van der Waals surface area contributed by atoms with Crippen LogP contribution in [0, 0.1) is 6.92 Å². The van der Waals surface area contributed by atoms with E-state index in [1.807, 2.05) is 17.2 Å². The summed E-state index contributed by atoms with van der Waals surface area (Å²) in [5, 5.41) is 0.969. The molecule has 3 heterocycles. The Morgan fingerprint density at radius 2 is 1.94 bits per heavy atom. The zero-order valence-corrected chi connectivity index (χ0v) is 20.4. The Balaban J connectivity index is 1.53. The van der Waals surface area contributed by atoms with Crippen LogP contribution in [-0.4, -0.2) is 43.5 Å². The second-order valence-electron chi connectivity index (χ2n) is 8.00. The number of H-pyrrole nitrogens is 1. The van der Waals surface area contributed by atoms with E-state index in [0.29, 0.717) is 39.2 Å². The second kappa shape index (κ2) is 8.97. The van der Waals surface area contributed by atoms with Gasteiger partial charge in [-0.2, -0.15) is 0 Å². The molecule has 4 aromatic rings. The summed E-state index contributed by atoms with van der Waals surface area (Å²) in [5.41, 5.74) is 3.51. The van der Waals surface area contributed by atoms with Crippen molar-refractivity contribution in [1.82, 2.24) is 24.8 Å². The summed E-state index contributed by atoms with van der Waals surface area (Å²) in [6, 6.07) is 11.2. The zero-order chi connectivity index (χ0) is 23.1. The van der Waals surface area contributed by atoms with Crippen molar-refractivity contribution in [3.05, 3.63) is 69.9 Å². The molecular weight excluding hydrogens is 477 g/mol. The number of thioether (sulfide) groups is 1. The molecule has 1 saturated heterocycles. The Hall–Kier alpha value is -2.61. The van der Waals surface area contributed by atoms with E-state index >= 15 is 0 Å². The number of hydrogen-bond donors (Lipinski definition) is 1. The van der Waals surface area contributed by atoms with Crippen LogP contribution in [0.5, 0.6) is 0 Å². The van der Waals surface area contributed by atoms with Gasteiger partial charge in [-0.25, -0.2) is 15.0 Å². The molecule has 33 heavy (non-hydrogen) atoms. The lowest BCUT2D eigenvalue weighted by molar-refractivity contribution is 0.0730. The van der Waals surface area contributed by atoms with Crippen molar-refractivity contribution in [3.8, 4) is 11.3 Å². The summed E-state index contributed by atoms with van der Waals surface area (Å²) in [4.78, 5) is 33.9. The van der Waals surface area contributed by atoms with Crippen LogP contribution >= 0.6 is 35.0 Å². The standard InChI is InChI=1S/C24H21Cl2N5OS/c1-13-27-12-18(22(28-13)14-8-15(25)10-16(26)9-14)24(32)31-7-3-4-21(31)23-29-19-6-5-17(33-2)11-20(19)30-23/h5-6,8-12,21H,3-4,7H2,1-2H3,(H,29,30). The maximum atomic E-state index is 13.8. The highest BCUT2D eigenvalue weighted by Crippen LogP contribution is 2.35. The van der Waals surface area contributed by atoms with E-state index in [9.17, 15) is 4.79 Å². The molecule has 9 heteroatoms. The second-order valence-corrected chi connectivity index (χ2v) is 9.75. The Bertz CT molecular complexity index is 1350. The molecule has 2 aromatic carbocycles. The lowest BCUT2D eigenvalue weighted by atomic mass is 10.1. The average molecular weight is 498 g/mol. The lowest BCUT2D eigenvalue weighted by Gasteiger charge is -2.24. The van der Waals surface area contributed by atoms with Crippen LogP contribution in [0.3, 0.4) is 0 Å². The first-order valence-electron chi connectivity index (χ1n) is 10.6. The minimum absolute atomic E-state index is 0.131. The number of rotatable bonds is 4. The zero-order valence-electron chi connectivity index (χ0n) is 18.1. The highest BCUT2D eigenvalue weighted by molar-refractivity contribution is 7.98. The number of nitrogens with zero attached hydrogens (tertiary/aromatic N) is 4. The number of hydrogen-bond acceptors (Lipinski definition) is 5. The summed E-state index contributed by atoms with van der Waals surface area (Å²) >= 11 is 14.1. The van der Waals surface area contributed by atoms with Gasteiger partial charge in [0.1, 0.15) is 11.6 Å². The van der Waals surface area contributed by atoms with Gasteiger partial charge in [0.25, 0.3) is 5.91 Å². The molecule has 1 N–H and O–H groups in total. The van der Waals surface area contributed by atoms with Gasteiger partial charge in [0.05, 0.1) is 28.3 Å². The van der Waals surface area contributed by atoms with Gasteiger partial charge in [-0.15, -0.1) is 11.8 Å². The molecule has 6 nitrogen and oxygen atoms in total. The number of aromatic nitrogens is 4. The normalized spacial score (nSPS) is 16.0. The molecule has 0 aliphatic carbocycles. The summed E-state index contributed by atoms with van der Waals surface area (Å²) in [6.07, 6.45) is 5.37. The quantitative estimate of drug-likeness (QED) is 0.333. The molecule has 1 amide bonds. The summed E-state index contributed by atoms with van der Waals surface area (Å²) < 4.78 is 0. The average Bonchev–Trinajstić information content (AvgIpc) is 3.44. The first kappa shape index (κ1) is 22.2. The topological polar surface area (TPSA) is 74.8 Å². The number of nitrogens with one attached hydrogen (secondary N) is 1. The lowest BCUT2D eigenvalue weighted by Crippen LogP contribution is -2.31. The Labute approximate surface area is 205 Å². The van der Waals surface area contributed by atoms with Crippen molar-refractivity contribution in [2.45, 2.75) is 30.7 Å². The number of aromatic amines is 1. The summed E-state index contributed by atoms with van der Waals surface area (Å²) in [5.74, 6) is 1.24. The molecule has 1 unspecified atom stereocenters. The summed E-state index contributed by atoms with van der Waals surface area (Å²) in [7, 11) is 0. The van der Waals surface area contributed by atoms with Crippen molar-refractivity contribution in [1.29, 1.82) is 0 Å². The number of carbonyl (C=O) groups is 1. The highest BCUT2D eigenvalue weighted by Gasteiger charge is 2.34. The van der Waals surface area contributed by atoms with Crippen molar-refractivity contribution in [2.75, 3.05) is 12.8 Å². The SMILES string of the molecule is CSc1ccc2nc(C3CCCN3C(=O)c3cnc(C)nc3-c3cc(Cl)cc(Cl)c3)[nH]c2c1. The number of amides is 1. The van der Waals surface area contributed by atoms with Gasteiger partial charge in [0.15, 0.2) is 0 Å². The van der Waals surface area contributed by atoms with E-state index in [0.717, 1.165) is 29.7 Å². The molecule has 1 atom stereocenters. The van der Waals surface area contributed by atoms with Crippen LogP contribution in [0.25, 0.3) is 22.3 Å². The third-order valence-electron chi connectivity index (χ3n) is 5.81. The predicted molar refractivity (Wildman–Crippen MR) is 133 cm³/mol. The van der Waals surface area contributed by atoms with Crippen LogP contribution in [0.15, 0.2) is 47.5 Å². The van der Waals surface area contributed by atoms with Gasteiger partial charge in [-0.05, 0) is 62.4 Å². The van der Waals surface area contributed by atoms with Crippen molar-refractivity contribution < 1.29 is 4.79 Å². The fourth-order valence-corrected chi connectivity index (χ4v) is 5.25. The minimum atomic E-state index is -0.139. The molecule has 0 spiro atoms. The van der Waals surface area contributed by atoms with Gasteiger partial charge in [-0.3, -0.25) is 4.79 Å². The maximum Gasteiger partial charge on any atom is 0.258 e. The first-order chi connectivity index (χ1) is 15.9. The van der Waals surface area contributed by atoms with Gasteiger partial charge in [0, 0.05) is 33.2 Å². The molecule has 1 fully saturated rings. The highest BCUT2D eigenvalue weighted by atomic mass is 35.5. The van der Waals surface area contributed by atoms with Crippen molar-refractivity contribution >= 4 is 51.9 Å². The molecule has 2 aromatic heterocycles. The first-order valence-corrected chi connectivity index (χ1v) is 12.6. The molecule has 0 radical (unpaired) electrons. The van der Waals surface area contributed by atoms with Crippen LogP contribution in [-0.2, 0) is 0 Å². The van der Waals surface area contributed by atoms with Crippen LogP contribution < -0.4 is 0 Å². The predicted octanol–water partition coefficient (Wildman–Crippen LogP) is 6.33. The van der Waals surface area contributed by atoms with Gasteiger partial charge in [0.2, 0.25) is 0 Å². The van der Waals surface area contributed by atoms with E-state index in [4.69, 9.17) is 28.2 Å². The fourth-order valence-electron chi connectivity index (χ4n) is 4.28. The minimum Gasteiger partial charge on any atom is -0.340 e. The molecule has 5 rings (SSSR count). The van der Waals surface area contributed by atoms with E-state index < -0.39 is 0 Å². The smallest absolute Gasteiger partial charge is 0.258 e. The number of benzene rings is 2. The van der Waals surface area contributed by atoms with E-state index in [-0.39, 0.29) is 11.9 Å². The molecule has 168 valence electrons. The van der Waals surface area contributed by atoms with Gasteiger partial charge < -0.3 is 9.88 Å². The van der Waals surface area contributed by atoms with Crippen LogP contribution in [0.2, 0.25) is 10.0 Å². The van der Waals surface area contributed by atoms with Crippen molar-refractivity contribution in [2.24, 2.45) is 0 Å². The number of aryl methyl sites for hydroxylation is 1. The van der Waals surface area contributed by atoms with Crippen LogP contribution in [0.4, 0.5) is 0 Å². The number of halogens is 2. The number of carbonyl (C=O) groups excluding carboxylic acids is 1. The van der Waals surface area contributed by atoms with E-state index in [1.165, 1.54) is 4.90 Å². The molecular formula is C24H21Cl2N5OS. The van der Waals surface area contributed by atoms with Crippen molar-refractivity contribution in [3.63, 3.8) is 0 Å². The Morgan fingerprint density at radius 3 is 2.70 bits per heavy atom. The van der Waals surface area contributed by atoms with Crippen LogP contribution in [0.1, 0.15) is 40.9 Å².